The molecule has 0 aliphatic carbocycles. The number of benzene rings is 3. The van der Waals surface area contributed by atoms with Crippen LogP contribution in [0.3, 0.4) is 0 Å². The largest absolute Gasteiger partial charge is 0.573 e. The van der Waals surface area contributed by atoms with Gasteiger partial charge in [-0.2, -0.15) is 13.9 Å². The Hall–Kier alpha value is -5.16. The Morgan fingerprint density at radius 1 is 0.918 bits per heavy atom. The Balaban J connectivity index is 1.66. The summed E-state index contributed by atoms with van der Waals surface area (Å²) >= 11 is 0. The minimum absolute atomic E-state index is 0.0550. The topological polar surface area (TPSA) is 141 Å². The molecule has 49 heavy (non-hydrogen) atoms. The monoisotopic (exact) mass is 704 g/mol. The van der Waals surface area contributed by atoms with Crippen molar-refractivity contribution < 1.29 is 45.0 Å². The highest BCUT2D eigenvalue weighted by molar-refractivity contribution is 7.90. The van der Waals surface area contributed by atoms with E-state index in [0.29, 0.717) is 22.4 Å². The van der Waals surface area contributed by atoms with Gasteiger partial charge in [0.1, 0.15) is 11.4 Å². The highest BCUT2D eigenvalue weighted by Crippen LogP contribution is 2.37. The number of aliphatic hydroxyl groups excluding tert-OH is 1. The molecule has 0 saturated heterocycles. The lowest BCUT2D eigenvalue weighted by molar-refractivity contribution is -0.274. The summed E-state index contributed by atoms with van der Waals surface area (Å²) in [5.74, 6) is -6.24. The number of rotatable bonds is 10. The molecule has 258 valence electrons. The van der Waals surface area contributed by atoms with E-state index in [1.54, 1.807) is 30.3 Å². The third-order valence-corrected chi connectivity index (χ3v) is 8.47. The molecule has 0 aliphatic heterocycles. The normalized spacial score (nSPS) is 12.6. The molecule has 5 aromatic rings. The van der Waals surface area contributed by atoms with Gasteiger partial charge in [-0.25, -0.2) is 13.1 Å². The van der Waals surface area contributed by atoms with Gasteiger partial charge < -0.3 is 15.2 Å². The van der Waals surface area contributed by atoms with E-state index in [0.717, 1.165) is 29.1 Å². The lowest BCUT2D eigenvalue weighted by Crippen LogP contribution is -2.51. The van der Waals surface area contributed by atoms with Gasteiger partial charge in [-0.1, -0.05) is 29.5 Å². The van der Waals surface area contributed by atoms with Gasteiger partial charge in [0.25, 0.3) is 5.91 Å². The third kappa shape index (κ3) is 7.62. The minimum Gasteiger partial charge on any atom is -0.406 e. The second-order valence-corrected chi connectivity index (χ2v) is 13.8. The van der Waals surface area contributed by atoms with Gasteiger partial charge in [-0.05, 0) is 73.5 Å². The fraction of sp³-hybridized carbons (Fsp3) is 0.250. The standard InChI is InChI=1S/C32H29F5N6O5S/c1-30(2,18-44)39-29(45)31(33,34)28-16-25(42(3)40-28)24-13-10-21(20-6-5-7-23(14-20)49(4,46)47)15-26(24)43-27(17-38-41-43)19-8-11-22(12-9-19)48-32(35,36)37/h5-17,44H,18H2,1-4H3,(H,39,45). The van der Waals surface area contributed by atoms with E-state index in [2.05, 4.69) is 25.5 Å². The predicted octanol–water partition coefficient (Wildman–Crippen LogP) is 5.28. The zero-order valence-electron chi connectivity index (χ0n) is 26.3. The van der Waals surface area contributed by atoms with Crippen LogP contribution < -0.4 is 10.1 Å². The van der Waals surface area contributed by atoms with Crippen molar-refractivity contribution >= 4 is 15.7 Å². The maximum absolute atomic E-state index is 15.4. The Morgan fingerprint density at radius 2 is 1.57 bits per heavy atom. The predicted molar refractivity (Wildman–Crippen MR) is 167 cm³/mol. The second-order valence-electron chi connectivity index (χ2n) is 11.7. The number of hydrogen-bond donors (Lipinski definition) is 2. The summed E-state index contributed by atoms with van der Waals surface area (Å²) in [7, 11) is -2.18. The van der Waals surface area contributed by atoms with Crippen molar-refractivity contribution in [1.82, 2.24) is 30.1 Å². The molecule has 1 amide bonds. The number of alkyl halides is 5. The molecule has 0 radical (unpaired) electrons. The molecule has 0 spiro atoms. The average molecular weight is 705 g/mol. The van der Waals surface area contributed by atoms with E-state index in [4.69, 9.17) is 0 Å². The van der Waals surface area contributed by atoms with Crippen LogP contribution in [0.15, 0.2) is 83.9 Å². The van der Waals surface area contributed by atoms with Crippen LogP contribution in [-0.2, 0) is 27.6 Å². The van der Waals surface area contributed by atoms with Crippen molar-refractivity contribution in [3.8, 4) is 45.1 Å². The van der Waals surface area contributed by atoms with Crippen molar-refractivity contribution in [3.05, 3.63) is 84.7 Å². The summed E-state index contributed by atoms with van der Waals surface area (Å²) < 4.78 is 100. The number of nitrogens with zero attached hydrogens (tertiary/aromatic N) is 5. The van der Waals surface area contributed by atoms with Gasteiger partial charge in [0.05, 0.1) is 40.3 Å². The fourth-order valence-corrected chi connectivity index (χ4v) is 5.53. The van der Waals surface area contributed by atoms with Gasteiger partial charge in [-0.15, -0.1) is 18.3 Å². The summed E-state index contributed by atoms with van der Waals surface area (Å²) in [6.45, 7) is 2.15. The number of hydrogen-bond acceptors (Lipinski definition) is 8. The smallest absolute Gasteiger partial charge is 0.406 e. The Labute approximate surface area is 276 Å². The summed E-state index contributed by atoms with van der Waals surface area (Å²) in [4.78, 5) is 12.6. The molecule has 0 bridgehead atoms. The first-order chi connectivity index (χ1) is 22.8. The lowest BCUT2D eigenvalue weighted by atomic mass is 9.99. The molecule has 0 unspecified atom stereocenters. The number of aryl methyl sites for hydroxylation is 1. The molecular formula is C32H29F5N6O5S. The number of ether oxygens (including phenoxy) is 1. The molecule has 0 fully saturated rings. The van der Waals surface area contributed by atoms with E-state index in [1.807, 2.05) is 0 Å². The molecule has 0 saturated carbocycles. The molecular weight excluding hydrogens is 675 g/mol. The van der Waals surface area contributed by atoms with E-state index in [1.165, 1.54) is 56.0 Å². The number of amides is 1. The van der Waals surface area contributed by atoms with Crippen LogP contribution in [0.5, 0.6) is 5.75 Å². The summed E-state index contributed by atoms with van der Waals surface area (Å²) in [6, 6.07) is 16.9. The quantitative estimate of drug-likeness (QED) is 0.187. The zero-order valence-corrected chi connectivity index (χ0v) is 27.1. The minimum atomic E-state index is -4.90. The highest BCUT2D eigenvalue weighted by Gasteiger charge is 2.45. The fourth-order valence-electron chi connectivity index (χ4n) is 4.86. The van der Waals surface area contributed by atoms with Crippen molar-refractivity contribution in [2.75, 3.05) is 12.9 Å². The number of sulfone groups is 1. The molecule has 2 aromatic heterocycles. The molecule has 2 N–H and O–H groups in total. The van der Waals surface area contributed by atoms with Crippen LogP contribution >= 0.6 is 0 Å². The van der Waals surface area contributed by atoms with Crippen LogP contribution in [-0.4, -0.2) is 69.0 Å². The van der Waals surface area contributed by atoms with Gasteiger partial charge in [0.2, 0.25) is 0 Å². The number of carbonyl (C=O) groups is 1. The Kier molecular flexibility index (Phi) is 9.11. The van der Waals surface area contributed by atoms with Crippen LogP contribution in [0.25, 0.3) is 39.3 Å². The van der Waals surface area contributed by atoms with Crippen molar-refractivity contribution in [2.45, 2.75) is 36.6 Å². The van der Waals surface area contributed by atoms with Crippen LogP contribution in [0.4, 0.5) is 22.0 Å². The molecule has 0 aliphatic rings. The lowest BCUT2D eigenvalue weighted by Gasteiger charge is -2.25. The first kappa shape index (κ1) is 35.2. The summed E-state index contributed by atoms with van der Waals surface area (Å²) in [5.41, 5.74) is 0.0710. The van der Waals surface area contributed by atoms with E-state index >= 15 is 8.78 Å². The maximum atomic E-state index is 15.4. The van der Waals surface area contributed by atoms with Crippen LogP contribution in [0, 0.1) is 0 Å². The molecule has 11 nitrogen and oxygen atoms in total. The van der Waals surface area contributed by atoms with Crippen molar-refractivity contribution in [1.29, 1.82) is 0 Å². The maximum Gasteiger partial charge on any atom is 0.573 e. The van der Waals surface area contributed by atoms with Gasteiger partial charge in [0, 0.05) is 24.4 Å². The average Bonchev–Trinajstić information content (AvgIpc) is 3.67. The third-order valence-electron chi connectivity index (χ3n) is 7.36. The SMILES string of the molecule is Cn1nc(C(F)(F)C(=O)NC(C)(C)CO)cc1-c1ccc(-c2cccc(S(C)(=O)=O)c2)cc1-n1nncc1-c1ccc(OC(F)(F)F)cc1. The highest BCUT2D eigenvalue weighted by atomic mass is 32.2. The second kappa shape index (κ2) is 12.7. The Bertz CT molecular complexity index is 2130. The molecule has 3 aromatic carbocycles. The van der Waals surface area contributed by atoms with E-state index in [9.17, 15) is 31.5 Å². The molecule has 17 heteroatoms. The van der Waals surface area contributed by atoms with Gasteiger partial charge in [-0.3, -0.25) is 9.48 Å². The molecule has 2 heterocycles. The molecule has 5 rings (SSSR count). The van der Waals surface area contributed by atoms with Gasteiger partial charge >= 0.3 is 12.3 Å². The summed E-state index contributed by atoms with van der Waals surface area (Å²) in [5, 5.41) is 23.6. The molecule has 0 atom stereocenters. The summed E-state index contributed by atoms with van der Waals surface area (Å²) in [6.07, 6.45) is -2.49. The number of carbonyl (C=O) groups excluding carboxylic acids is 1. The van der Waals surface area contributed by atoms with Crippen LogP contribution in [0.2, 0.25) is 0 Å². The van der Waals surface area contributed by atoms with Crippen LogP contribution in [0.1, 0.15) is 19.5 Å². The number of aromatic nitrogens is 5. The van der Waals surface area contributed by atoms with E-state index in [-0.39, 0.29) is 21.8 Å². The first-order valence-electron chi connectivity index (χ1n) is 14.4. The number of halogens is 5. The number of aliphatic hydroxyl groups is 1. The number of nitrogens with one attached hydrogen (secondary N) is 1. The Morgan fingerprint density at radius 3 is 2.20 bits per heavy atom. The van der Waals surface area contributed by atoms with Crippen molar-refractivity contribution in [3.63, 3.8) is 0 Å². The van der Waals surface area contributed by atoms with Crippen molar-refractivity contribution in [2.24, 2.45) is 7.05 Å². The zero-order chi connectivity index (χ0) is 35.9. The van der Waals surface area contributed by atoms with Gasteiger partial charge in [0.15, 0.2) is 9.84 Å². The van der Waals surface area contributed by atoms with E-state index < -0.39 is 51.6 Å². The first-order valence-corrected chi connectivity index (χ1v) is 16.3.